The van der Waals surface area contributed by atoms with Gasteiger partial charge in [0.15, 0.2) is 22.3 Å². The summed E-state index contributed by atoms with van der Waals surface area (Å²) < 4.78 is 24.0. The minimum absolute atomic E-state index is 0.0356. The highest BCUT2D eigenvalue weighted by Gasteiger charge is 2.41. The van der Waals surface area contributed by atoms with Crippen LogP contribution in [0.1, 0.15) is 11.4 Å². The molecule has 0 fully saturated rings. The molecule has 0 bridgehead atoms. The first kappa shape index (κ1) is 21.9. The normalized spacial score (nSPS) is 13.2. The molecule has 0 spiro atoms. The summed E-state index contributed by atoms with van der Waals surface area (Å²) in [6.45, 7) is 4.35. The summed E-state index contributed by atoms with van der Waals surface area (Å²) in [4.78, 5) is 0. The lowest BCUT2D eigenvalue weighted by atomic mass is 9.35. The second-order valence-corrected chi connectivity index (χ2v) is 10.9. The van der Waals surface area contributed by atoms with Crippen LogP contribution in [-0.2, 0) is 7.05 Å². The molecule has 0 radical (unpaired) electrons. The first-order valence-electron chi connectivity index (χ1n) is 13.6. The lowest BCUT2D eigenvalue weighted by molar-refractivity contribution is -0.652. The van der Waals surface area contributed by atoms with Gasteiger partial charge in [-0.3, -0.25) is 0 Å². The number of aromatic nitrogens is 2. The number of hydrogen-bond donors (Lipinski definition) is 0. The van der Waals surface area contributed by atoms with Gasteiger partial charge in [0.1, 0.15) is 28.6 Å². The zero-order chi connectivity index (χ0) is 26.7. The highest BCUT2D eigenvalue weighted by atomic mass is 16.5. The Morgan fingerprint density at radius 3 is 2.33 bits per heavy atom. The van der Waals surface area contributed by atoms with Crippen LogP contribution in [0.15, 0.2) is 95.4 Å². The lowest BCUT2D eigenvalue weighted by Gasteiger charge is -2.32. The van der Waals surface area contributed by atoms with Gasteiger partial charge in [0.25, 0.3) is 12.5 Å². The zero-order valence-electron chi connectivity index (χ0n) is 22.4. The van der Waals surface area contributed by atoms with Crippen LogP contribution in [0.5, 0.6) is 23.0 Å². The standard InChI is InChI=1S/C34H24BN2O3/c1-19-15-16-22-21-9-4-6-11-27(21)40-34(22)33(19)37-20(2)36(3)25-17-24-31(18-26(25)37)39-30-14-8-13-29-32(30)35(24)23-10-5-7-12-28(23)38-29/h4-18H,1-3H3/q+1. The fourth-order valence-electron chi connectivity index (χ4n) is 6.78. The molecule has 40 heavy (non-hydrogen) atoms. The fraction of sp³-hybridized carbons (Fsp3) is 0.0882. The maximum atomic E-state index is 6.63. The van der Waals surface area contributed by atoms with Crippen molar-refractivity contribution < 1.29 is 18.5 Å². The quantitative estimate of drug-likeness (QED) is 0.207. The van der Waals surface area contributed by atoms with Gasteiger partial charge in [0, 0.05) is 34.8 Å². The molecule has 5 nitrogen and oxygen atoms in total. The van der Waals surface area contributed by atoms with Crippen molar-refractivity contribution >= 4 is 56.1 Å². The highest BCUT2D eigenvalue weighted by Crippen LogP contribution is 2.38. The van der Waals surface area contributed by atoms with Gasteiger partial charge in [0.2, 0.25) is 0 Å². The summed E-state index contributed by atoms with van der Waals surface area (Å²) >= 11 is 0. The number of hydrogen-bond acceptors (Lipinski definition) is 3. The van der Waals surface area contributed by atoms with Gasteiger partial charge in [-0.15, -0.1) is 0 Å². The molecular formula is C34H24BN2O3+. The third kappa shape index (κ3) is 2.70. The molecule has 7 aromatic rings. The number of aryl methyl sites for hydroxylation is 2. The molecule has 0 saturated carbocycles. The zero-order valence-corrected chi connectivity index (χ0v) is 22.4. The largest absolute Gasteiger partial charge is 0.458 e. The first-order chi connectivity index (χ1) is 19.6. The van der Waals surface area contributed by atoms with Crippen LogP contribution in [0, 0.1) is 13.8 Å². The average molecular weight is 519 g/mol. The number of para-hydroxylation sites is 2. The van der Waals surface area contributed by atoms with Crippen molar-refractivity contribution in [2.24, 2.45) is 7.05 Å². The van der Waals surface area contributed by atoms with E-state index in [9.17, 15) is 0 Å². The Bertz CT molecular complexity index is 2230. The summed E-state index contributed by atoms with van der Waals surface area (Å²) in [6.07, 6.45) is 0. The van der Waals surface area contributed by atoms with Crippen LogP contribution in [0.2, 0.25) is 0 Å². The molecule has 5 aromatic carbocycles. The van der Waals surface area contributed by atoms with Gasteiger partial charge in [-0.1, -0.05) is 48.5 Å². The molecule has 9 rings (SSSR count). The SMILES string of the molecule is Cc1ccc2c(oc3ccccc32)c1-n1c(C)[n+](C)c2cc3c(cc21)Oc1cccc2c1B3c1ccccc1O2. The van der Waals surface area contributed by atoms with Crippen molar-refractivity contribution in [3.05, 3.63) is 102 Å². The minimum atomic E-state index is 0.0356. The van der Waals surface area contributed by atoms with Gasteiger partial charge in [0.05, 0.1) is 7.05 Å². The first-order valence-corrected chi connectivity index (χ1v) is 13.6. The summed E-state index contributed by atoms with van der Waals surface area (Å²) in [6, 6.07) is 31.5. The van der Waals surface area contributed by atoms with E-state index in [4.69, 9.17) is 13.9 Å². The Labute approximate surface area is 230 Å². The maximum absolute atomic E-state index is 6.63. The van der Waals surface area contributed by atoms with E-state index in [0.29, 0.717) is 0 Å². The van der Waals surface area contributed by atoms with Crippen molar-refractivity contribution in [1.82, 2.24) is 4.57 Å². The van der Waals surface area contributed by atoms with E-state index in [1.165, 1.54) is 0 Å². The summed E-state index contributed by atoms with van der Waals surface area (Å²) in [5, 5.41) is 2.25. The number of rotatable bonds is 1. The van der Waals surface area contributed by atoms with Crippen molar-refractivity contribution in [3.8, 4) is 28.7 Å². The molecular weight excluding hydrogens is 495 g/mol. The van der Waals surface area contributed by atoms with Gasteiger partial charge < -0.3 is 13.9 Å². The molecule has 2 aromatic heterocycles. The van der Waals surface area contributed by atoms with Crippen molar-refractivity contribution in [3.63, 3.8) is 0 Å². The third-order valence-electron chi connectivity index (χ3n) is 8.76. The molecule has 6 heteroatoms. The average Bonchev–Trinajstić information content (AvgIpc) is 3.46. The number of imidazole rings is 1. The second-order valence-electron chi connectivity index (χ2n) is 10.9. The molecule has 4 heterocycles. The van der Waals surface area contributed by atoms with Crippen molar-refractivity contribution in [1.29, 1.82) is 0 Å². The number of ether oxygens (including phenoxy) is 2. The molecule has 0 amide bonds. The Hall–Kier alpha value is -4.97. The topological polar surface area (TPSA) is 40.4 Å². The molecule has 2 aliphatic rings. The Balaban J connectivity index is 1.35. The smallest absolute Gasteiger partial charge is 0.260 e. The van der Waals surface area contributed by atoms with Gasteiger partial charge in [-0.2, -0.15) is 4.57 Å². The van der Waals surface area contributed by atoms with E-state index in [-0.39, 0.29) is 6.71 Å². The summed E-state index contributed by atoms with van der Waals surface area (Å²) in [5.74, 6) is 4.58. The lowest BCUT2D eigenvalue weighted by Crippen LogP contribution is -2.57. The van der Waals surface area contributed by atoms with Crippen molar-refractivity contribution in [2.45, 2.75) is 13.8 Å². The third-order valence-corrected chi connectivity index (χ3v) is 8.76. The van der Waals surface area contributed by atoms with Crippen LogP contribution in [0.3, 0.4) is 0 Å². The molecule has 0 N–H and O–H groups in total. The number of nitrogens with zero attached hydrogens (tertiary/aromatic N) is 2. The Kier molecular flexibility index (Phi) is 4.15. The number of fused-ring (bicyclic) bond motifs is 8. The fourth-order valence-corrected chi connectivity index (χ4v) is 6.78. The summed E-state index contributed by atoms with van der Waals surface area (Å²) in [7, 11) is 2.13. The van der Waals surface area contributed by atoms with Gasteiger partial charge >= 0.3 is 0 Å². The van der Waals surface area contributed by atoms with Crippen LogP contribution >= 0.6 is 0 Å². The summed E-state index contributed by atoms with van der Waals surface area (Å²) in [5.41, 5.74) is 9.62. The monoisotopic (exact) mass is 519 g/mol. The number of furan rings is 1. The molecule has 0 atom stereocenters. The second kappa shape index (κ2) is 7.57. The van der Waals surface area contributed by atoms with Gasteiger partial charge in [-0.05, 0) is 54.2 Å². The van der Waals surface area contributed by atoms with Crippen molar-refractivity contribution in [2.75, 3.05) is 0 Å². The maximum Gasteiger partial charge on any atom is 0.260 e. The molecule has 2 aliphatic heterocycles. The van der Waals surface area contributed by atoms with E-state index in [0.717, 1.165) is 89.4 Å². The van der Waals surface area contributed by atoms with Crippen LogP contribution in [-0.4, -0.2) is 11.3 Å². The predicted molar refractivity (Wildman–Crippen MR) is 159 cm³/mol. The molecule has 0 unspecified atom stereocenters. The number of benzene rings is 5. The van der Waals surface area contributed by atoms with E-state index in [1.54, 1.807) is 0 Å². The molecule has 0 aliphatic carbocycles. The van der Waals surface area contributed by atoms with Crippen LogP contribution < -0.4 is 30.4 Å². The van der Waals surface area contributed by atoms with E-state index in [1.807, 2.05) is 36.4 Å². The molecule has 190 valence electrons. The van der Waals surface area contributed by atoms with Gasteiger partial charge in [-0.25, -0.2) is 4.57 Å². The van der Waals surface area contributed by atoms with E-state index >= 15 is 0 Å². The Morgan fingerprint density at radius 1 is 0.700 bits per heavy atom. The minimum Gasteiger partial charge on any atom is -0.458 e. The van der Waals surface area contributed by atoms with Crippen LogP contribution in [0.4, 0.5) is 0 Å². The molecule has 0 saturated heterocycles. The van der Waals surface area contributed by atoms with E-state index < -0.39 is 0 Å². The van der Waals surface area contributed by atoms with E-state index in [2.05, 4.69) is 84.6 Å². The predicted octanol–water partition coefficient (Wildman–Crippen LogP) is 5.70. The highest BCUT2D eigenvalue weighted by molar-refractivity contribution is 6.98. The Morgan fingerprint density at radius 2 is 1.45 bits per heavy atom. The van der Waals surface area contributed by atoms with Crippen LogP contribution in [0.25, 0.3) is 38.7 Å².